The lowest BCUT2D eigenvalue weighted by atomic mass is 10.2. The largest absolute Gasteiger partial charge is 0.395 e. The van der Waals surface area contributed by atoms with Crippen LogP contribution in [0.15, 0.2) is 17.2 Å². The van der Waals surface area contributed by atoms with Gasteiger partial charge in [-0.1, -0.05) is 11.6 Å². The molecule has 0 bridgehead atoms. The first-order chi connectivity index (χ1) is 8.86. The van der Waals surface area contributed by atoms with Crippen LogP contribution in [0.3, 0.4) is 0 Å². The first kappa shape index (κ1) is 14.4. The number of rotatable bonds is 3. The van der Waals surface area contributed by atoms with Gasteiger partial charge in [-0.2, -0.15) is 4.31 Å². The zero-order valence-corrected chi connectivity index (χ0v) is 11.4. The molecule has 1 aliphatic rings. The van der Waals surface area contributed by atoms with Crippen molar-refractivity contribution in [1.29, 1.82) is 0 Å². The molecule has 0 unspecified atom stereocenters. The van der Waals surface area contributed by atoms with Crippen molar-refractivity contribution in [2.24, 2.45) is 0 Å². The SMILES string of the molecule is Nc1ncc(Cl)cc1S(=O)(=O)N1C[C@@H](F)C[C@H]1CO. The molecule has 0 aliphatic carbocycles. The number of aliphatic hydroxyl groups excluding tert-OH is 1. The van der Waals surface area contributed by atoms with Crippen LogP contribution in [0.1, 0.15) is 6.42 Å². The molecule has 19 heavy (non-hydrogen) atoms. The molecule has 3 N–H and O–H groups in total. The van der Waals surface area contributed by atoms with E-state index in [1.807, 2.05) is 0 Å². The number of aliphatic hydroxyl groups is 1. The Kier molecular flexibility index (Phi) is 3.95. The highest BCUT2D eigenvalue weighted by molar-refractivity contribution is 7.89. The minimum absolute atomic E-state index is 0.0381. The number of nitrogens with two attached hydrogens (primary N) is 1. The third kappa shape index (κ3) is 2.66. The summed E-state index contributed by atoms with van der Waals surface area (Å²) in [7, 11) is -4.02. The Morgan fingerprint density at radius 1 is 1.63 bits per heavy atom. The van der Waals surface area contributed by atoms with E-state index in [2.05, 4.69) is 4.98 Å². The number of hydrogen-bond acceptors (Lipinski definition) is 5. The lowest BCUT2D eigenvalue weighted by Gasteiger charge is -2.22. The normalized spacial score (nSPS) is 24.8. The van der Waals surface area contributed by atoms with Gasteiger partial charge in [-0.05, 0) is 12.5 Å². The topological polar surface area (TPSA) is 96.5 Å². The fraction of sp³-hybridized carbons (Fsp3) is 0.500. The van der Waals surface area contributed by atoms with Crippen molar-refractivity contribution in [1.82, 2.24) is 9.29 Å². The minimum atomic E-state index is -4.02. The average molecular weight is 310 g/mol. The van der Waals surface area contributed by atoms with Crippen LogP contribution in [0.2, 0.25) is 5.02 Å². The number of aromatic nitrogens is 1. The molecule has 1 aromatic heterocycles. The number of sulfonamides is 1. The molecule has 9 heteroatoms. The Morgan fingerprint density at radius 2 is 2.32 bits per heavy atom. The van der Waals surface area contributed by atoms with E-state index in [0.717, 1.165) is 4.31 Å². The summed E-state index contributed by atoms with van der Waals surface area (Å²) in [5.74, 6) is -0.205. The highest BCUT2D eigenvalue weighted by Gasteiger charge is 2.41. The first-order valence-electron chi connectivity index (χ1n) is 5.54. The zero-order chi connectivity index (χ0) is 14.2. The second-order valence-electron chi connectivity index (χ2n) is 4.28. The molecule has 2 atom stereocenters. The summed E-state index contributed by atoms with van der Waals surface area (Å²) >= 11 is 5.70. The van der Waals surface area contributed by atoms with Gasteiger partial charge in [0, 0.05) is 12.7 Å². The predicted molar refractivity (Wildman–Crippen MR) is 67.9 cm³/mol. The quantitative estimate of drug-likeness (QED) is 0.843. The highest BCUT2D eigenvalue weighted by atomic mass is 35.5. The summed E-state index contributed by atoms with van der Waals surface area (Å²) in [6.07, 6.45) is -0.120. The fourth-order valence-electron chi connectivity index (χ4n) is 2.06. The minimum Gasteiger partial charge on any atom is -0.395 e. The van der Waals surface area contributed by atoms with Gasteiger partial charge in [0.05, 0.1) is 17.7 Å². The molecule has 2 rings (SSSR count). The Balaban J connectivity index is 2.45. The molecule has 0 spiro atoms. The van der Waals surface area contributed by atoms with E-state index in [1.165, 1.54) is 12.3 Å². The second-order valence-corrected chi connectivity index (χ2v) is 6.58. The van der Waals surface area contributed by atoms with Crippen LogP contribution in [-0.2, 0) is 10.0 Å². The van der Waals surface area contributed by atoms with Crippen LogP contribution in [0, 0.1) is 0 Å². The number of alkyl halides is 1. The van der Waals surface area contributed by atoms with Crippen LogP contribution in [0.5, 0.6) is 0 Å². The third-order valence-electron chi connectivity index (χ3n) is 2.96. The molecular formula is C10H13ClFN3O3S. The molecule has 1 aromatic rings. The Labute approximate surface area is 115 Å². The molecule has 0 aromatic carbocycles. The van der Waals surface area contributed by atoms with Crippen molar-refractivity contribution in [3.63, 3.8) is 0 Å². The van der Waals surface area contributed by atoms with Gasteiger partial charge in [-0.3, -0.25) is 0 Å². The van der Waals surface area contributed by atoms with Crippen molar-refractivity contribution < 1.29 is 17.9 Å². The number of hydrogen-bond donors (Lipinski definition) is 2. The smallest absolute Gasteiger partial charge is 0.247 e. The van der Waals surface area contributed by atoms with Gasteiger partial charge in [0.2, 0.25) is 10.0 Å². The first-order valence-corrected chi connectivity index (χ1v) is 7.36. The van der Waals surface area contributed by atoms with Gasteiger partial charge in [0.1, 0.15) is 16.9 Å². The molecule has 0 radical (unpaired) electrons. The molecule has 0 amide bonds. The van der Waals surface area contributed by atoms with Crippen LogP contribution in [0.4, 0.5) is 10.2 Å². The van der Waals surface area contributed by atoms with E-state index in [1.54, 1.807) is 0 Å². The lowest BCUT2D eigenvalue weighted by Crippen LogP contribution is -2.38. The van der Waals surface area contributed by atoms with Crippen LogP contribution in [0.25, 0.3) is 0 Å². The average Bonchev–Trinajstić information content (AvgIpc) is 2.74. The van der Waals surface area contributed by atoms with E-state index in [9.17, 15) is 12.8 Å². The van der Waals surface area contributed by atoms with Crippen molar-refractivity contribution in [3.8, 4) is 0 Å². The number of pyridine rings is 1. The van der Waals surface area contributed by atoms with Gasteiger partial charge in [-0.15, -0.1) is 0 Å². The van der Waals surface area contributed by atoms with E-state index in [-0.39, 0.29) is 28.7 Å². The maximum absolute atomic E-state index is 13.3. The fourth-order valence-corrected chi connectivity index (χ4v) is 4.03. The zero-order valence-electron chi connectivity index (χ0n) is 9.83. The maximum Gasteiger partial charge on any atom is 0.247 e. The molecule has 106 valence electrons. The highest BCUT2D eigenvalue weighted by Crippen LogP contribution is 2.30. The van der Waals surface area contributed by atoms with Crippen molar-refractivity contribution >= 4 is 27.4 Å². The summed E-state index contributed by atoms with van der Waals surface area (Å²) in [4.78, 5) is 3.40. The van der Waals surface area contributed by atoms with Crippen LogP contribution >= 0.6 is 11.6 Å². The standard InChI is InChI=1S/C10H13ClFN3O3S/c11-6-1-9(10(13)14-3-6)19(17,18)15-4-7(12)2-8(15)5-16/h1,3,7-8,16H,2,4-5H2,(H2,13,14)/t7-,8-/m0/s1. The Bertz CT molecular complexity index is 583. The maximum atomic E-state index is 13.3. The van der Waals surface area contributed by atoms with Crippen LogP contribution in [-0.4, -0.2) is 48.2 Å². The summed E-state index contributed by atoms with van der Waals surface area (Å²) in [6.45, 7) is -0.757. The van der Waals surface area contributed by atoms with Crippen molar-refractivity contribution in [2.75, 3.05) is 18.9 Å². The van der Waals surface area contributed by atoms with Gasteiger partial charge >= 0.3 is 0 Å². The van der Waals surface area contributed by atoms with Gasteiger partial charge in [0.15, 0.2) is 0 Å². The van der Waals surface area contributed by atoms with E-state index in [0.29, 0.717) is 0 Å². The van der Waals surface area contributed by atoms with E-state index >= 15 is 0 Å². The number of halogens is 2. The molecule has 1 fully saturated rings. The molecule has 2 heterocycles. The summed E-state index contributed by atoms with van der Waals surface area (Å²) < 4.78 is 39.0. The molecular weight excluding hydrogens is 297 g/mol. The predicted octanol–water partition coefficient (Wildman–Crippen LogP) is 0.411. The van der Waals surface area contributed by atoms with Crippen LogP contribution < -0.4 is 5.73 Å². The Morgan fingerprint density at radius 3 is 2.95 bits per heavy atom. The molecule has 1 aliphatic heterocycles. The van der Waals surface area contributed by atoms with Crippen molar-refractivity contribution in [2.45, 2.75) is 23.5 Å². The Hall–Kier alpha value is -0.960. The summed E-state index contributed by atoms with van der Waals surface area (Å²) in [6, 6.07) is 0.373. The number of nitrogen functional groups attached to an aromatic ring is 1. The number of anilines is 1. The van der Waals surface area contributed by atoms with Crippen molar-refractivity contribution in [3.05, 3.63) is 17.3 Å². The van der Waals surface area contributed by atoms with E-state index in [4.69, 9.17) is 22.4 Å². The van der Waals surface area contributed by atoms with Gasteiger partial charge < -0.3 is 10.8 Å². The lowest BCUT2D eigenvalue weighted by molar-refractivity contribution is 0.213. The summed E-state index contributed by atoms with van der Waals surface area (Å²) in [5, 5.41) is 9.26. The molecule has 0 saturated carbocycles. The molecule has 1 saturated heterocycles. The van der Waals surface area contributed by atoms with Gasteiger partial charge in [0.25, 0.3) is 0 Å². The van der Waals surface area contributed by atoms with Gasteiger partial charge in [-0.25, -0.2) is 17.8 Å². The van der Waals surface area contributed by atoms with E-state index < -0.39 is 28.8 Å². The summed E-state index contributed by atoms with van der Waals surface area (Å²) in [5.41, 5.74) is 5.53. The third-order valence-corrected chi connectivity index (χ3v) is 5.11. The monoisotopic (exact) mass is 309 g/mol. The number of nitrogens with zero attached hydrogens (tertiary/aromatic N) is 2. The second kappa shape index (κ2) is 5.20. The molecule has 6 nitrogen and oxygen atoms in total.